The molecule has 0 aliphatic carbocycles. The molecule has 0 saturated carbocycles. The van der Waals surface area contributed by atoms with Crippen LogP contribution in [0.3, 0.4) is 0 Å². The summed E-state index contributed by atoms with van der Waals surface area (Å²) < 4.78 is 11.1. The van der Waals surface area contributed by atoms with E-state index >= 15 is 0 Å². The van der Waals surface area contributed by atoms with E-state index in [4.69, 9.17) is 9.47 Å². The Bertz CT molecular complexity index is 627. The van der Waals surface area contributed by atoms with Crippen LogP contribution in [0, 0.1) is 0 Å². The van der Waals surface area contributed by atoms with Gasteiger partial charge in [0.25, 0.3) is 0 Å². The van der Waals surface area contributed by atoms with Gasteiger partial charge < -0.3 is 9.47 Å². The van der Waals surface area contributed by atoms with Crippen molar-refractivity contribution in [2.45, 2.75) is 20.0 Å². The van der Waals surface area contributed by atoms with Crippen molar-refractivity contribution in [3.8, 4) is 0 Å². The zero-order valence-corrected chi connectivity index (χ0v) is 11.0. The quantitative estimate of drug-likeness (QED) is 0.780. The second-order valence-corrected chi connectivity index (χ2v) is 4.35. The number of carbonyl (C=O) groups excluding carboxylic acids is 2. The van der Waals surface area contributed by atoms with Crippen molar-refractivity contribution < 1.29 is 19.1 Å². The zero-order valence-electron chi connectivity index (χ0n) is 11.0. The van der Waals surface area contributed by atoms with Gasteiger partial charge in [0.2, 0.25) is 0 Å². The fourth-order valence-electron chi connectivity index (χ4n) is 1.86. The monoisotopic (exact) mass is 261 g/mol. The van der Waals surface area contributed by atoms with Crippen LogP contribution in [0.25, 0.3) is 10.9 Å². The number of carbonyl (C=O) groups is 2. The Hall–Kier alpha value is -2.30. The van der Waals surface area contributed by atoms with Crippen molar-refractivity contribution in [3.05, 3.63) is 36.0 Å². The average Bonchev–Trinajstić information content (AvgIpc) is 2.76. The molecule has 5 nitrogen and oxygen atoms in total. The van der Waals surface area contributed by atoms with Crippen molar-refractivity contribution in [2.75, 3.05) is 7.11 Å². The molecule has 0 N–H and O–H groups in total. The number of rotatable bonds is 2. The molecule has 100 valence electrons. The molecule has 1 aromatic heterocycles. The predicted octanol–water partition coefficient (Wildman–Crippen LogP) is 2.82. The third-order valence-corrected chi connectivity index (χ3v) is 2.62. The summed E-state index contributed by atoms with van der Waals surface area (Å²) in [6.45, 7) is 3.50. The van der Waals surface area contributed by atoms with E-state index in [0.29, 0.717) is 5.52 Å². The van der Waals surface area contributed by atoms with Crippen LogP contribution in [-0.2, 0) is 9.47 Å². The minimum atomic E-state index is -0.586. The first-order chi connectivity index (χ1) is 9.04. The molecule has 1 heterocycles. The molecule has 0 fully saturated rings. The summed E-state index contributed by atoms with van der Waals surface area (Å²) in [5, 5.41) is 0.781. The number of para-hydroxylation sites is 1. The SMILES string of the molecule is COC(=O)c1cc2ccccc2n1C(=O)OC(C)C. The minimum Gasteiger partial charge on any atom is -0.464 e. The Kier molecular flexibility index (Phi) is 3.55. The highest BCUT2D eigenvalue weighted by molar-refractivity contribution is 6.01. The lowest BCUT2D eigenvalue weighted by Gasteiger charge is -2.11. The van der Waals surface area contributed by atoms with Crippen molar-refractivity contribution in [1.82, 2.24) is 4.57 Å². The molecular weight excluding hydrogens is 246 g/mol. The molecule has 0 aliphatic heterocycles. The Morgan fingerprint density at radius 2 is 1.89 bits per heavy atom. The molecule has 2 rings (SSSR count). The highest BCUT2D eigenvalue weighted by Crippen LogP contribution is 2.21. The lowest BCUT2D eigenvalue weighted by Crippen LogP contribution is -2.22. The molecule has 0 spiro atoms. The van der Waals surface area contributed by atoms with E-state index in [2.05, 4.69) is 0 Å². The molecule has 1 aromatic carbocycles. The Morgan fingerprint density at radius 3 is 2.53 bits per heavy atom. The number of ether oxygens (including phenoxy) is 2. The lowest BCUT2D eigenvalue weighted by atomic mass is 10.2. The summed E-state index contributed by atoms with van der Waals surface area (Å²) in [7, 11) is 1.28. The van der Waals surface area contributed by atoms with Crippen LogP contribution in [0.5, 0.6) is 0 Å². The van der Waals surface area contributed by atoms with Crippen LogP contribution in [0.1, 0.15) is 24.3 Å². The fourth-order valence-corrected chi connectivity index (χ4v) is 1.86. The van der Waals surface area contributed by atoms with E-state index in [1.807, 2.05) is 12.1 Å². The maximum absolute atomic E-state index is 12.1. The van der Waals surface area contributed by atoms with Gasteiger partial charge in [0.15, 0.2) is 0 Å². The third kappa shape index (κ3) is 2.45. The maximum Gasteiger partial charge on any atom is 0.419 e. The summed E-state index contributed by atoms with van der Waals surface area (Å²) >= 11 is 0. The molecule has 0 aliphatic rings. The van der Waals surface area contributed by atoms with Gasteiger partial charge in [0, 0.05) is 5.39 Å². The smallest absolute Gasteiger partial charge is 0.419 e. The van der Waals surface area contributed by atoms with E-state index in [0.717, 1.165) is 5.39 Å². The summed E-state index contributed by atoms with van der Waals surface area (Å²) in [6.07, 6.45) is -0.851. The molecule has 19 heavy (non-hydrogen) atoms. The summed E-state index contributed by atoms with van der Waals surface area (Å²) in [5.41, 5.74) is 0.780. The topological polar surface area (TPSA) is 57.5 Å². The van der Waals surface area contributed by atoms with Crippen LogP contribution in [0.15, 0.2) is 30.3 Å². The number of esters is 1. The van der Waals surface area contributed by atoms with E-state index in [1.165, 1.54) is 11.7 Å². The number of methoxy groups -OCH3 is 1. The normalized spacial score (nSPS) is 10.7. The molecule has 0 saturated heterocycles. The first-order valence-electron chi connectivity index (χ1n) is 5.94. The zero-order chi connectivity index (χ0) is 14.0. The van der Waals surface area contributed by atoms with E-state index in [1.54, 1.807) is 32.0 Å². The van der Waals surface area contributed by atoms with E-state index in [-0.39, 0.29) is 11.8 Å². The van der Waals surface area contributed by atoms with Gasteiger partial charge in [-0.3, -0.25) is 0 Å². The lowest BCUT2D eigenvalue weighted by molar-refractivity contribution is 0.0582. The number of nitrogens with zero attached hydrogens (tertiary/aromatic N) is 1. The van der Waals surface area contributed by atoms with Gasteiger partial charge in [0.1, 0.15) is 5.69 Å². The molecule has 5 heteroatoms. The number of fused-ring (bicyclic) bond motifs is 1. The van der Waals surface area contributed by atoms with Gasteiger partial charge in [-0.15, -0.1) is 0 Å². The minimum absolute atomic E-state index is 0.161. The maximum atomic E-state index is 12.1. The summed E-state index contributed by atoms with van der Waals surface area (Å²) in [4.78, 5) is 23.8. The molecular formula is C14H15NO4. The van der Waals surface area contributed by atoms with Crippen LogP contribution >= 0.6 is 0 Å². The second-order valence-electron chi connectivity index (χ2n) is 4.35. The first kappa shape index (κ1) is 13.1. The van der Waals surface area contributed by atoms with Crippen molar-refractivity contribution in [1.29, 1.82) is 0 Å². The van der Waals surface area contributed by atoms with Gasteiger partial charge in [-0.2, -0.15) is 0 Å². The molecule has 0 unspecified atom stereocenters. The molecule has 2 aromatic rings. The van der Waals surface area contributed by atoms with Gasteiger partial charge >= 0.3 is 12.1 Å². The number of hydrogen-bond donors (Lipinski definition) is 0. The Morgan fingerprint density at radius 1 is 1.21 bits per heavy atom. The Balaban J connectivity index is 2.60. The molecule has 0 bridgehead atoms. The standard InChI is InChI=1S/C14H15NO4/c1-9(2)19-14(17)15-11-7-5-4-6-10(11)8-12(15)13(16)18-3/h4-9H,1-3H3. The van der Waals surface area contributed by atoms with Crippen molar-refractivity contribution in [2.24, 2.45) is 0 Å². The van der Waals surface area contributed by atoms with Crippen molar-refractivity contribution >= 4 is 23.0 Å². The molecule has 0 radical (unpaired) electrons. The number of aromatic nitrogens is 1. The fraction of sp³-hybridized carbons (Fsp3) is 0.286. The number of benzene rings is 1. The molecule has 0 amide bonds. The highest BCUT2D eigenvalue weighted by Gasteiger charge is 2.22. The highest BCUT2D eigenvalue weighted by atomic mass is 16.6. The third-order valence-electron chi connectivity index (χ3n) is 2.62. The van der Waals surface area contributed by atoms with Gasteiger partial charge in [-0.1, -0.05) is 18.2 Å². The van der Waals surface area contributed by atoms with E-state index in [9.17, 15) is 9.59 Å². The van der Waals surface area contributed by atoms with Gasteiger partial charge in [-0.25, -0.2) is 14.2 Å². The van der Waals surface area contributed by atoms with Gasteiger partial charge in [-0.05, 0) is 26.0 Å². The van der Waals surface area contributed by atoms with Crippen LogP contribution in [0.2, 0.25) is 0 Å². The second kappa shape index (κ2) is 5.14. The molecule has 0 atom stereocenters. The number of hydrogen-bond acceptors (Lipinski definition) is 4. The van der Waals surface area contributed by atoms with Crippen LogP contribution in [0.4, 0.5) is 4.79 Å². The summed E-state index contributed by atoms with van der Waals surface area (Å²) in [6, 6.07) is 8.82. The van der Waals surface area contributed by atoms with Crippen LogP contribution in [-0.4, -0.2) is 29.8 Å². The summed E-state index contributed by atoms with van der Waals surface area (Å²) in [5.74, 6) is -0.572. The first-order valence-corrected chi connectivity index (χ1v) is 5.94. The van der Waals surface area contributed by atoms with Crippen LogP contribution < -0.4 is 0 Å². The van der Waals surface area contributed by atoms with Gasteiger partial charge in [0.05, 0.1) is 18.7 Å². The average molecular weight is 261 g/mol. The Labute approximate surface area is 110 Å². The van der Waals surface area contributed by atoms with E-state index < -0.39 is 12.1 Å². The van der Waals surface area contributed by atoms with Crippen molar-refractivity contribution in [3.63, 3.8) is 0 Å². The predicted molar refractivity (Wildman–Crippen MR) is 70.3 cm³/mol. The largest absolute Gasteiger partial charge is 0.464 e.